The number of nitrogens with zero attached hydrogens (tertiary/aromatic N) is 1. The van der Waals surface area contributed by atoms with Crippen LogP contribution in [0.25, 0.3) is 0 Å². The van der Waals surface area contributed by atoms with Crippen LogP contribution in [-0.4, -0.2) is 24.0 Å². The smallest absolute Gasteiger partial charge is 0.196 e. The summed E-state index contributed by atoms with van der Waals surface area (Å²) in [5.41, 5.74) is 4.22. The standard InChI is InChI=1S/C23H27NO2/c1-22(2)10-12-24-13-11-23(3,4)18-19(24)17(22)14-16(21(18)26)20(25)15-8-6-5-7-9-15/h5-9,14,26H,10-13H2,1-4H3. The number of phenolic OH excluding ortho intramolecular Hbond substituents is 1. The molecule has 2 heterocycles. The topological polar surface area (TPSA) is 40.5 Å². The van der Waals surface area contributed by atoms with Crippen molar-refractivity contribution in [1.82, 2.24) is 0 Å². The molecule has 2 aliphatic heterocycles. The van der Waals surface area contributed by atoms with Crippen LogP contribution in [0, 0.1) is 0 Å². The highest BCUT2D eigenvalue weighted by Crippen LogP contribution is 2.53. The van der Waals surface area contributed by atoms with Gasteiger partial charge in [-0.2, -0.15) is 0 Å². The maximum Gasteiger partial charge on any atom is 0.196 e. The Morgan fingerprint density at radius 2 is 1.62 bits per heavy atom. The highest BCUT2D eigenvalue weighted by molar-refractivity contribution is 6.11. The van der Waals surface area contributed by atoms with Crippen molar-refractivity contribution in [3.05, 3.63) is 58.7 Å². The van der Waals surface area contributed by atoms with E-state index in [2.05, 4.69) is 32.6 Å². The molecule has 0 saturated heterocycles. The molecule has 0 spiro atoms. The first-order valence-electron chi connectivity index (χ1n) is 9.48. The molecule has 4 rings (SSSR count). The SMILES string of the molecule is CC1(C)CCN2CCC(C)(C)c3c(O)c(C(=O)c4ccccc4)cc1c32. The van der Waals surface area contributed by atoms with Crippen LogP contribution < -0.4 is 4.90 Å². The van der Waals surface area contributed by atoms with Gasteiger partial charge in [0.25, 0.3) is 0 Å². The van der Waals surface area contributed by atoms with Crippen LogP contribution >= 0.6 is 0 Å². The number of carbonyl (C=O) groups is 1. The molecule has 2 aliphatic rings. The van der Waals surface area contributed by atoms with E-state index in [0.29, 0.717) is 11.1 Å². The minimum absolute atomic E-state index is 0.00653. The summed E-state index contributed by atoms with van der Waals surface area (Å²) in [5.74, 6) is 0.0708. The van der Waals surface area contributed by atoms with Crippen molar-refractivity contribution < 1.29 is 9.90 Å². The second kappa shape index (κ2) is 5.60. The Morgan fingerprint density at radius 1 is 1.00 bits per heavy atom. The van der Waals surface area contributed by atoms with Gasteiger partial charge in [-0.15, -0.1) is 0 Å². The summed E-state index contributed by atoms with van der Waals surface area (Å²) in [6, 6.07) is 11.2. The van der Waals surface area contributed by atoms with Crippen molar-refractivity contribution in [2.45, 2.75) is 51.4 Å². The van der Waals surface area contributed by atoms with Gasteiger partial charge in [0, 0.05) is 29.9 Å². The van der Waals surface area contributed by atoms with Gasteiger partial charge in [0.15, 0.2) is 5.78 Å². The van der Waals surface area contributed by atoms with E-state index < -0.39 is 0 Å². The minimum Gasteiger partial charge on any atom is -0.507 e. The first kappa shape index (κ1) is 17.1. The molecule has 0 radical (unpaired) electrons. The summed E-state index contributed by atoms with van der Waals surface area (Å²) in [6.45, 7) is 10.9. The molecule has 26 heavy (non-hydrogen) atoms. The predicted octanol–water partition coefficient (Wildman–Crippen LogP) is 4.79. The highest BCUT2D eigenvalue weighted by Gasteiger charge is 2.43. The van der Waals surface area contributed by atoms with E-state index in [0.717, 1.165) is 31.5 Å². The Morgan fingerprint density at radius 3 is 2.27 bits per heavy atom. The molecule has 0 aliphatic carbocycles. The van der Waals surface area contributed by atoms with Crippen molar-refractivity contribution in [3.8, 4) is 5.75 Å². The number of benzene rings is 2. The van der Waals surface area contributed by atoms with Gasteiger partial charge in [-0.3, -0.25) is 4.79 Å². The van der Waals surface area contributed by atoms with Gasteiger partial charge in [0.2, 0.25) is 0 Å². The summed E-state index contributed by atoms with van der Waals surface area (Å²) in [6.07, 6.45) is 2.04. The van der Waals surface area contributed by atoms with Gasteiger partial charge in [0.05, 0.1) is 5.56 Å². The number of ketones is 1. The molecule has 2 aromatic carbocycles. The lowest BCUT2D eigenvalue weighted by atomic mass is 9.68. The third-order valence-corrected chi connectivity index (χ3v) is 6.29. The van der Waals surface area contributed by atoms with Crippen LogP contribution in [0.1, 0.15) is 67.6 Å². The Balaban J connectivity index is 2.00. The molecule has 0 saturated carbocycles. The molecule has 0 fully saturated rings. The fraction of sp³-hybridized carbons (Fsp3) is 0.435. The maximum absolute atomic E-state index is 13.2. The van der Waals surface area contributed by atoms with Gasteiger partial charge in [-0.25, -0.2) is 0 Å². The second-order valence-electron chi connectivity index (χ2n) is 8.99. The third-order valence-electron chi connectivity index (χ3n) is 6.29. The van der Waals surface area contributed by atoms with E-state index in [1.165, 1.54) is 11.3 Å². The zero-order valence-electron chi connectivity index (χ0n) is 16.1. The zero-order chi connectivity index (χ0) is 18.7. The largest absolute Gasteiger partial charge is 0.507 e. The Kier molecular flexibility index (Phi) is 3.69. The molecule has 3 nitrogen and oxygen atoms in total. The second-order valence-corrected chi connectivity index (χ2v) is 8.99. The van der Waals surface area contributed by atoms with Crippen LogP contribution in [0.4, 0.5) is 5.69 Å². The number of anilines is 1. The van der Waals surface area contributed by atoms with Gasteiger partial charge in [-0.05, 0) is 35.3 Å². The van der Waals surface area contributed by atoms with Crippen molar-refractivity contribution in [1.29, 1.82) is 0 Å². The number of carbonyl (C=O) groups excluding carboxylic acids is 1. The van der Waals surface area contributed by atoms with E-state index in [1.54, 1.807) is 0 Å². The van der Waals surface area contributed by atoms with Gasteiger partial charge in [-0.1, -0.05) is 58.0 Å². The van der Waals surface area contributed by atoms with Crippen molar-refractivity contribution >= 4 is 11.5 Å². The van der Waals surface area contributed by atoms with E-state index in [9.17, 15) is 9.90 Å². The number of hydrogen-bond donors (Lipinski definition) is 1. The van der Waals surface area contributed by atoms with Crippen LogP contribution in [0.3, 0.4) is 0 Å². The molecule has 3 heteroatoms. The Labute approximate surface area is 155 Å². The lowest BCUT2D eigenvalue weighted by molar-refractivity contribution is 0.103. The Hall–Kier alpha value is -2.29. The van der Waals surface area contributed by atoms with Crippen LogP contribution in [0.2, 0.25) is 0 Å². The highest BCUT2D eigenvalue weighted by atomic mass is 16.3. The molecule has 0 bridgehead atoms. The van der Waals surface area contributed by atoms with Crippen LogP contribution in [-0.2, 0) is 10.8 Å². The molecule has 2 aromatic rings. The zero-order valence-corrected chi connectivity index (χ0v) is 16.1. The predicted molar refractivity (Wildman–Crippen MR) is 105 cm³/mol. The van der Waals surface area contributed by atoms with Crippen LogP contribution in [0.15, 0.2) is 36.4 Å². The average Bonchev–Trinajstić information content (AvgIpc) is 2.60. The average molecular weight is 349 g/mol. The van der Waals surface area contributed by atoms with Gasteiger partial charge >= 0.3 is 0 Å². The van der Waals surface area contributed by atoms with Crippen molar-refractivity contribution in [2.24, 2.45) is 0 Å². The Bertz CT molecular complexity index is 879. The summed E-state index contributed by atoms with van der Waals surface area (Å²) in [4.78, 5) is 15.6. The molecular weight excluding hydrogens is 322 g/mol. The molecule has 0 unspecified atom stereocenters. The summed E-state index contributed by atoms with van der Waals surface area (Å²) >= 11 is 0. The van der Waals surface area contributed by atoms with E-state index in [4.69, 9.17) is 0 Å². The summed E-state index contributed by atoms with van der Waals surface area (Å²) in [7, 11) is 0. The first-order valence-corrected chi connectivity index (χ1v) is 9.48. The van der Waals surface area contributed by atoms with Crippen molar-refractivity contribution in [2.75, 3.05) is 18.0 Å². The lowest BCUT2D eigenvalue weighted by Crippen LogP contribution is -2.45. The van der Waals surface area contributed by atoms with Gasteiger partial charge in [0.1, 0.15) is 5.75 Å². The van der Waals surface area contributed by atoms with Gasteiger partial charge < -0.3 is 10.0 Å². The third kappa shape index (κ3) is 2.45. The maximum atomic E-state index is 13.2. The van der Waals surface area contributed by atoms with Crippen molar-refractivity contribution in [3.63, 3.8) is 0 Å². The number of hydrogen-bond acceptors (Lipinski definition) is 3. The molecular formula is C23H27NO2. The lowest BCUT2D eigenvalue weighted by Gasteiger charge is -2.48. The fourth-order valence-corrected chi connectivity index (χ4v) is 4.49. The quantitative estimate of drug-likeness (QED) is 0.792. The van der Waals surface area contributed by atoms with E-state index in [1.807, 2.05) is 36.4 Å². The number of rotatable bonds is 2. The van der Waals surface area contributed by atoms with E-state index in [-0.39, 0.29) is 22.4 Å². The normalized spacial score (nSPS) is 19.8. The number of aromatic hydroxyl groups is 1. The first-order chi connectivity index (χ1) is 12.2. The number of phenols is 1. The molecule has 0 aromatic heterocycles. The van der Waals surface area contributed by atoms with Crippen LogP contribution in [0.5, 0.6) is 5.75 Å². The molecule has 1 N–H and O–H groups in total. The summed E-state index contributed by atoms with van der Waals surface area (Å²) < 4.78 is 0. The van der Waals surface area contributed by atoms with E-state index >= 15 is 0 Å². The monoisotopic (exact) mass is 349 g/mol. The fourth-order valence-electron chi connectivity index (χ4n) is 4.49. The molecule has 136 valence electrons. The molecule has 0 amide bonds. The summed E-state index contributed by atoms with van der Waals surface area (Å²) in [5, 5.41) is 11.2. The minimum atomic E-state index is -0.148. The molecule has 0 atom stereocenters.